The summed E-state index contributed by atoms with van der Waals surface area (Å²) in [7, 11) is 0. The number of carboxylic acid groups (broad SMARTS) is 2. The minimum absolute atomic E-state index is 0.0392. The fourth-order valence-electron chi connectivity index (χ4n) is 9.60. The quantitative estimate of drug-likeness (QED) is 0.165. The molecular weight excluding hydrogens is 624 g/mol. The number of carbonyl (C=O) groups is 4. The highest BCUT2D eigenvalue weighted by Crippen LogP contribution is 2.69. The molecule has 10 atom stereocenters. The Morgan fingerprint density at radius 3 is 2.38 bits per heavy atom. The van der Waals surface area contributed by atoms with Crippen LogP contribution in [0.2, 0.25) is 0 Å². The van der Waals surface area contributed by atoms with Crippen LogP contribution in [0.1, 0.15) is 116 Å². The summed E-state index contributed by atoms with van der Waals surface area (Å²) < 4.78 is 15.0. The van der Waals surface area contributed by atoms with E-state index in [2.05, 4.69) is 23.7 Å². The molecule has 0 saturated heterocycles. The van der Waals surface area contributed by atoms with E-state index in [0.717, 1.165) is 42.7 Å². The molecule has 1 aromatic heterocycles. The third kappa shape index (κ3) is 7.73. The maximum absolute atomic E-state index is 12.1. The SMILES string of the molecule is CC(C)[C@H](N)C(=O)OCc1cc([C@H]2CC[C@H]3[C@@H]4CCC5C[C@](C)(O)CC[C@]5(C)C4CC[C@]23C)no1.O=COCC(O)(CC(=O)O)C(=O)O. The van der Waals surface area contributed by atoms with E-state index < -0.39 is 48.2 Å². The molecule has 270 valence electrons. The van der Waals surface area contributed by atoms with Crippen LogP contribution in [0.5, 0.6) is 0 Å². The van der Waals surface area contributed by atoms with E-state index in [9.17, 15) is 24.3 Å². The first kappa shape index (κ1) is 37.8. The third-order valence-electron chi connectivity index (χ3n) is 12.5. The van der Waals surface area contributed by atoms with Gasteiger partial charge in [-0.05, 0) is 105 Å². The van der Waals surface area contributed by atoms with Gasteiger partial charge in [-0.1, -0.05) is 32.9 Å². The zero-order chi connectivity index (χ0) is 35.7. The third-order valence-corrected chi connectivity index (χ3v) is 12.5. The van der Waals surface area contributed by atoms with Crippen molar-refractivity contribution in [2.75, 3.05) is 6.61 Å². The first-order valence-corrected chi connectivity index (χ1v) is 17.2. The number of nitrogens with two attached hydrogens (primary N) is 1. The molecule has 1 heterocycles. The van der Waals surface area contributed by atoms with E-state index in [1.54, 1.807) is 0 Å². The lowest BCUT2D eigenvalue weighted by molar-refractivity contribution is -0.172. The van der Waals surface area contributed by atoms with Gasteiger partial charge < -0.3 is 40.2 Å². The highest BCUT2D eigenvalue weighted by Gasteiger charge is 2.61. The number of ether oxygens (including phenoxy) is 2. The van der Waals surface area contributed by atoms with E-state index >= 15 is 0 Å². The van der Waals surface area contributed by atoms with Crippen molar-refractivity contribution < 1.29 is 53.6 Å². The van der Waals surface area contributed by atoms with Crippen LogP contribution in [0.15, 0.2) is 10.6 Å². The standard InChI is InChI=1S/C29H46N2O4.C6H8O7/c1-17(2)25(30)26(32)34-16-19-14-24(31-35-19)23-9-8-21-20-7-6-18-15-27(3,33)12-13-28(18,4)22(20)10-11-29(21,23)5;7-3-13-2-6(12,5(10)11)1-4(8)9/h14,17-18,20-23,25,33H,6-13,15-16,30H2,1-5H3;3,12H,1-2H2,(H,8,9)(H,10,11)/t18?,20-,21-,22?,23+,25-,27+,28-,29-;/m0./s1. The Labute approximate surface area is 281 Å². The molecule has 4 fully saturated rings. The topological polar surface area (TPSA) is 220 Å². The largest absolute Gasteiger partial charge is 0.481 e. The second-order valence-electron chi connectivity index (χ2n) is 15.9. The molecule has 5 rings (SSSR count). The fourth-order valence-corrected chi connectivity index (χ4v) is 9.60. The number of carbonyl (C=O) groups excluding carboxylic acids is 2. The van der Waals surface area contributed by atoms with Gasteiger partial charge in [0.1, 0.15) is 12.6 Å². The summed E-state index contributed by atoms with van der Waals surface area (Å²) >= 11 is 0. The number of hydrogen-bond donors (Lipinski definition) is 5. The lowest BCUT2D eigenvalue weighted by atomic mass is 9.44. The van der Waals surface area contributed by atoms with E-state index in [1.807, 2.05) is 26.8 Å². The number of rotatable bonds is 11. The number of aliphatic carboxylic acids is 2. The summed E-state index contributed by atoms with van der Waals surface area (Å²) in [5, 5.41) is 41.0. The second kappa shape index (κ2) is 14.4. The molecule has 3 unspecified atom stereocenters. The Bertz CT molecular complexity index is 1330. The minimum atomic E-state index is -2.56. The summed E-state index contributed by atoms with van der Waals surface area (Å²) in [6.45, 7) is 10.0. The van der Waals surface area contributed by atoms with Gasteiger partial charge in [-0.3, -0.25) is 14.4 Å². The molecule has 48 heavy (non-hydrogen) atoms. The molecule has 0 radical (unpaired) electrons. The average molecular weight is 679 g/mol. The van der Waals surface area contributed by atoms with Gasteiger partial charge in [-0.2, -0.15) is 0 Å². The van der Waals surface area contributed by atoms with Crippen molar-refractivity contribution in [2.24, 2.45) is 46.2 Å². The van der Waals surface area contributed by atoms with Gasteiger partial charge in [-0.25, -0.2) is 4.79 Å². The van der Waals surface area contributed by atoms with Crippen LogP contribution in [0.25, 0.3) is 0 Å². The smallest absolute Gasteiger partial charge is 0.339 e. The van der Waals surface area contributed by atoms with Gasteiger partial charge in [0, 0.05) is 12.0 Å². The number of carboxylic acids is 2. The maximum atomic E-state index is 12.1. The van der Waals surface area contributed by atoms with Gasteiger partial charge in [0.2, 0.25) is 5.60 Å². The number of aromatic nitrogens is 1. The summed E-state index contributed by atoms with van der Waals surface area (Å²) in [6.07, 6.45) is 9.59. The Hall–Kier alpha value is -3.03. The van der Waals surface area contributed by atoms with Crippen LogP contribution in [0.4, 0.5) is 0 Å². The molecule has 4 aliphatic rings. The zero-order valence-corrected chi connectivity index (χ0v) is 28.9. The van der Waals surface area contributed by atoms with Gasteiger partial charge in [-0.15, -0.1) is 0 Å². The fraction of sp³-hybridized carbons (Fsp3) is 0.800. The van der Waals surface area contributed by atoms with Crippen LogP contribution in [0.3, 0.4) is 0 Å². The molecule has 0 bridgehead atoms. The molecule has 0 amide bonds. The Kier molecular flexibility index (Phi) is 11.4. The Morgan fingerprint density at radius 2 is 1.75 bits per heavy atom. The summed E-state index contributed by atoms with van der Waals surface area (Å²) in [5.74, 6) is 0.363. The number of fused-ring (bicyclic) bond motifs is 5. The highest BCUT2D eigenvalue weighted by atomic mass is 16.6. The summed E-state index contributed by atoms with van der Waals surface area (Å²) in [6, 6.07) is 1.40. The molecule has 13 heteroatoms. The van der Waals surface area contributed by atoms with Crippen LogP contribution in [0, 0.1) is 40.4 Å². The second-order valence-corrected chi connectivity index (χ2v) is 15.9. The van der Waals surface area contributed by atoms with Crippen molar-refractivity contribution in [1.82, 2.24) is 5.16 Å². The average Bonchev–Trinajstić information content (AvgIpc) is 3.62. The predicted octanol–water partition coefficient (Wildman–Crippen LogP) is 4.03. The molecule has 4 aliphatic carbocycles. The van der Waals surface area contributed by atoms with Crippen molar-refractivity contribution in [3.05, 3.63) is 17.5 Å². The molecule has 0 aliphatic heterocycles. The lowest BCUT2D eigenvalue weighted by Crippen LogP contribution is -2.55. The molecule has 1 aromatic rings. The van der Waals surface area contributed by atoms with Gasteiger partial charge >= 0.3 is 17.9 Å². The van der Waals surface area contributed by atoms with Gasteiger partial charge in [0.25, 0.3) is 6.47 Å². The van der Waals surface area contributed by atoms with Crippen LogP contribution in [-0.2, 0) is 35.3 Å². The van der Waals surface area contributed by atoms with E-state index in [0.29, 0.717) is 23.0 Å². The Morgan fingerprint density at radius 1 is 1.06 bits per heavy atom. The number of hydrogen-bond acceptors (Lipinski definition) is 11. The molecule has 0 aromatic carbocycles. The lowest BCUT2D eigenvalue weighted by Gasteiger charge is -2.61. The molecule has 6 N–H and O–H groups in total. The molecule has 0 spiro atoms. The summed E-state index contributed by atoms with van der Waals surface area (Å²) in [5.41, 5.74) is 4.52. The van der Waals surface area contributed by atoms with Crippen LogP contribution >= 0.6 is 0 Å². The minimum Gasteiger partial charge on any atom is -0.481 e. The molecule has 13 nitrogen and oxygen atoms in total. The molecular formula is C35H54N2O11. The number of nitrogens with zero attached hydrogens (tertiary/aromatic N) is 1. The first-order chi connectivity index (χ1) is 22.4. The van der Waals surface area contributed by atoms with Gasteiger partial charge in [0.15, 0.2) is 12.4 Å². The van der Waals surface area contributed by atoms with Crippen molar-refractivity contribution >= 4 is 24.4 Å². The van der Waals surface area contributed by atoms with Crippen LogP contribution in [-0.4, -0.2) is 73.8 Å². The van der Waals surface area contributed by atoms with Crippen molar-refractivity contribution in [3.8, 4) is 0 Å². The van der Waals surface area contributed by atoms with Crippen molar-refractivity contribution in [2.45, 2.75) is 129 Å². The number of aliphatic hydroxyl groups is 2. The first-order valence-electron chi connectivity index (χ1n) is 17.2. The zero-order valence-electron chi connectivity index (χ0n) is 28.9. The van der Waals surface area contributed by atoms with E-state index in [-0.39, 0.29) is 24.4 Å². The van der Waals surface area contributed by atoms with Crippen molar-refractivity contribution in [1.29, 1.82) is 0 Å². The summed E-state index contributed by atoms with van der Waals surface area (Å²) in [4.78, 5) is 42.3. The van der Waals surface area contributed by atoms with Crippen LogP contribution < -0.4 is 5.73 Å². The highest BCUT2D eigenvalue weighted by molar-refractivity contribution is 5.83. The maximum Gasteiger partial charge on any atom is 0.339 e. The molecule has 4 saturated carbocycles. The Balaban J connectivity index is 0.000000341. The van der Waals surface area contributed by atoms with E-state index in [1.165, 1.54) is 38.5 Å². The number of esters is 1. The predicted molar refractivity (Wildman–Crippen MR) is 171 cm³/mol. The van der Waals surface area contributed by atoms with Gasteiger partial charge in [0.05, 0.1) is 17.7 Å². The van der Waals surface area contributed by atoms with E-state index in [4.69, 9.17) is 30.3 Å². The monoisotopic (exact) mass is 678 g/mol. The van der Waals surface area contributed by atoms with Crippen molar-refractivity contribution in [3.63, 3.8) is 0 Å². The normalized spacial score (nSPS) is 35.8.